The van der Waals surface area contributed by atoms with Crippen LogP contribution in [-0.2, 0) is 4.74 Å². The monoisotopic (exact) mass is 570 g/mol. The maximum absolute atomic E-state index is 16.6. The zero-order chi connectivity index (χ0) is 28.8. The lowest BCUT2D eigenvalue weighted by atomic mass is 9.95. The van der Waals surface area contributed by atoms with Crippen molar-refractivity contribution >= 4 is 27.5 Å². The molecule has 3 fully saturated rings. The Balaban J connectivity index is 1.36. The van der Waals surface area contributed by atoms with E-state index in [2.05, 4.69) is 20.8 Å². The molecule has 0 bridgehead atoms. The van der Waals surface area contributed by atoms with E-state index in [1.54, 1.807) is 6.20 Å². The standard InChI is InChI=1S/C32H32F2N6O2/c1-2-20-6-3-7-21-8-4-9-24(26(20)21)28-27(34)29-25(15-36-28)30(39-12-13-41-18-23(35)17-39)38-31(37-29)42-19-32-10-5-11-40(32)16-22(33)14-32/h1,3-4,6-9,15,22-23H,5,10-14,16-19,35H2/t22?,23?,32-/m0/s1. The number of anilines is 1. The summed E-state index contributed by atoms with van der Waals surface area (Å²) in [6.07, 6.45) is 8.76. The predicted molar refractivity (Wildman–Crippen MR) is 158 cm³/mol. The van der Waals surface area contributed by atoms with E-state index in [1.165, 1.54) is 0 Å². The fourth-order valence-electron chi connectivity index (χ4n) is 6.85. The molecule has 2 unspecified atom stereocenters. The minimum Gasteiger partial charge on any atom is -0.461 e. The summed E-state index contributed by atoms with van der Waals surface area (Å²) in [5.41, 5.74) is 7.34. The highest BCUT2D eigenvalue weighted by molar-refractivity contribution is 6.02. The van der Waals surface area contributed by atoms with Crippen molar-refractivity contribution in [3.8, 4) is 29.6 Å². The number of terminal acetylenes is 1. The number of hydrogen-bond donors (Lipinski definition) is 1. The van der Waals surface area contributed by atoms with Crippen LogP contribution >= 0.6 is 0 Å². The van der Waals surface area contributed by atoms with Crippen molar-refractivity contribution in [1.82, 2.24) is 19.9 Å². The van der Waals surface area contributed by atoms with E-state index in [1.807, 2.05) is 41.3 Å². The quantitative estimate of drug-likeness (QED) is 0.359. The molecule has 0 radical (unpaired) electrons. The van der Waals surface area contributed by atoms with Crippen LogP contribution in [0.5, 0.6) is 6.01 Å². The molecule has 3 aliphatic heterocycles. The molecule has 8 nitrogen and oxygen atoms in total. The molecule has 3 saturated heterocycles. The van der Waals surface area contributed by atoms with Crippen molar-refractivity contribution in [2.24, 2.45) is 5.73 Å². The number of rotatable bonds is 5. The van der Waals surface area contributed by atoms with Gasteiger partial charge in [-0.15, -0.1) is 6.42 Å². The van der Waals surface area contributed by atoms with Gasteiger partial charge in [-0.3, -0.25) is 9.88 Å². The van der Waals surface area contributed by atoms with Crippen molar-refractivity contribution in [2.45, 2.75) is 37.0 Å². The van der Waals surface area contributed by atoms with Gasteiger partial charge in [0.25, 0.3) is 0 Å². The van der Waals surface area contributed by atoms with Gasteiger partial charge in [-0.1, -0.05) is 36.3 Å². The number of hydrogen-bond acceptors (Lipinski definition) is 8. The zero-order valence-corrected chi connectivity index (χ0v) is 23.2. The Kier molecular flexibility index (Phi) is 6.89. The first-order chi connectivity index (χ1) is 20.5. The summed E-state index contributed by atoms with van der Waals surface area (Å²) in [7, 11) is 0. The second-order valence-electron chi connectivity index (χ2n) is 11.5. The fourth-order valence-corrected chi connectivity index (χ4v) is 6.85. The van der Waals surface area contributed by atoms with Crippen LogP contribution in [0.2, 0.25) is 0 Å². The van der Waals surface area contributed by atoms with E-state index in [9.17, 15) is 4.39 Å². The van der Waals surface area contributed by atoms with Crippen LogP contribution in [0, 0.1) is 18.2 Å². The maximum atomic E-state index is 16.6. The van der Waals surface area contributed by atoms with Crippen molar-refractivity contribution in [2.75, 3.05) is 50.9 Å². The molecule has 10 heteroatoms. The Hall–Kier alpha value is -3.91. The normalized spacial score (nSPS) is 24.6. The number of alkyl halides is 1. The van der Waals surface area contributed by atoms with Crippen LogP contribution in [0.4, 0.5) is 14.6 Å². The number of halogens is 2. The molecular formula is C32H32F2N6O2. The number of pyridine rings is 1. The second-order valence-corrected chi connectivity index (χ2v) is 11.5. The molecular weight excluding hydrogens is 538 g/mol. The topological polar surface area (TPSA) is 89.6 Å². The average molecular weight is 571 g/mol. The van der Waals surface area contributed by atoms with Crippen LogP contribution < -0.4 is 15.4 Å². The molecule has 3 atom stereocenters. The molecule has 5 heterocycles. The highest BCUT2D eigenvalue weighted by Crippen LogP contribution is 2.41. The molecule has 2 N–H and O–H groups in total. The average Bonchev–Trinajstić information content (AvgIpc) is 3.43. The number of benzene rings is 2. The Labute approximate surface area is 242 Å². The Morgan fingerprint density at radius 1 is 1.17 bits per heavy atom. The first kappa shape index (κ1) is 27.0. The first-order valence-electron chi connectivity index (χ1n) is 14.4. The number of nitrogens with two attached hydrogens (primary N) is 1. The van der Waals surface area contributed by atoms with E-state index in [0.717, 1.165) is 30.2 Å². The molecule has 0 amide bonds. The minimum absolute atomic E-state index is 0.0399. The van der Waals surface area contributed by atoms with Gasteiger partial charge in [0.05, 0.1) is 24.1 Å². The van der Waals surface area contributed by atoms with E-state index in [0.29, 0.717) is 61.6 Å². The fraction of sp³-hybridized carbons (Fsp3) is 0.406. The minimum atomic E-state index is -0.889. The molecule has 216 valence electrons. The van der Waals surface area contributed by atoms with Crippen molar-refractivity contribution in [3.05, 3.63) is 54.0 Å². The lowest BCUT2D eigenvalue weighted by molar-refractivity contribution is 0.107. The predicted octanol–water partition coefficient (Wildman–Crippen LogP) is 4.08. The summed E-state index contributed by atoms with van der Waals surface area (Å²) in [6, 6.07) is 11.0. The van der Waals surface area contributed by atoms with Crippen LogP contribution in [0.15, 0.2) is 42.6 Å². The molecule has 42 heavy (non-hydrogen) atoms. The van der Waals surface area contributed by atoms with Crippen molar-refractivity contribution < 1.29 is 18.3 Å². The molecule has 0 saturated carbocycles. The van der Waals surface area contributed by atoms with Crippen LogP contribution in [0.25, 0.3) is 32.9 Å². The second kappa shape index (κ2) is 10.7. The van der Waals surface area contributed by atoms with Crippen LogP contribution in [0.1, 0.15) is 24.8 Å². The smallest absolute Gasteiger partial charge is 0.319 e. The lowest BCUT2D eigenvalue weighted by Gasteiger charge is -2.31. The highest BCUT2D eigenvalue weighted by Gasteiger charge is 2.49. The van der Waals surface area contributed by atoms with Gasteiger partial charge in [-0.05, 0) is 30.8 Å². The third kappa shape index (κ3) is 4.62. The SMILES string of the molecule is C#Cc1cccc2cccc(-c3ncc4c(N5CCOCC(N)C5)nc(OC[C@@]56CCCN5CC(F)C6)nc4c3F)c12. The van der Waals surface area contributed by atoms with Gasteiger partial charge in [0.15, 0.2) is 5.82 Å². The van der Waals surface area contributed by atoms with Crippen LogP contribution in [-0.4, -0.2) is 83.6 Å². The molecule has 4 aromatic rings. The molecule has 0 spiro atoms. The summed E-state index contributed by atoms with van der Waals surface area (Å²) in [4.78, 5) is 18.1. The van der Waals surface area contributed by atoms with Gasteiger partial charge in [-0.25, -0.2) is 8.78 Å². The number of aromatic nitrogens is 3. The molecule has 0 aliphatic carbocycles. The van der Waals surface area contributed by atoms with Gasteiger partial charge in [0.2, 0.25) is 0 Å². The Morgan fingerprint density at radius 2 is 2.02 bits per heavy atom. The van der Waals surface area contributed by atoms with Gasteiger partial charge in [0.1, 0.15) is 29.8 Å². The van der Waals surface area contributed by atoms with Crippen LogP contribution in [0.3, 0.4) is 0 Å². The lowest BCUT2D eigenvalue weighted by Crippen LogP contribution is -2.43. The number of ether oxygens (including phenoxy) is 2. The molecule has 2 aromatic heterocycles. The van der Waals surface area contributed by atoms with E-state index >= 15 is 4.39 Å². The summed E-state index contributed by atoms with van der Waals surface area (Å²) in [6.45, 7) is 3.32. The summed E-state index contributed by atoms with van der Waals surface area (Å²) in [5.74, 6) is 2.60. The Morgan fingerprint density at radius 3 is 2.88 bits per heavy atom. The largest absolute Gasteiger partial charge is 0.461 e. The molecule has 2 aromatic carbocycles. The summed E-state index contributed by atoms with van der Waals surface area (Å²) >= 11 is 0. The third-order valence-electron chi connectivity index (χ3n) is 8.78. The molecule has 7 rings (SSSR count). The third-order valence-corrected chi connectivity index (χ3v) is 8.78. The summed E-state index contributed by atoms with van der Waals surface area (Å²) in [5, 5.41) is 2.08. The van der Waals surface area contributed by atoms with Gasteiger partial charge < -0.3 is 20.1 Å². The number of nitrogens with zero attached hydrogens (tertiary/aromatic N) is 5. The van der Waals surface area contributed by atoms with Gasteiger partial charge in [-0.2, -0.15) is 9.97 Å². The summed E-state index contributed by atoms with van der Waals surface area (Å²) < 4.78 is 42.9. The van der Waals surface area contributed by atoms with Crippen molar-refractivity contribution in [3.63, 3.8) is 0 Å². The van der Waals surface area contributed by atoms with E-state index in [-0.39, 0.29) is 29.9 Å². The van der Waals surface area contributed by atoms with Crippen molar-refractivity contribution in [1.29, 1.82) is 0 Å². The van der Waals surface area contributed by atoms with E-state index < -0.39 is 17.5 Å². The molecule has 3 aliphatic rings. The van der Waals surface area contributed by atoms with Gasteiger partial charge in [0, 0.05) is 54.8 Å². The zero-order valence-electron chi connectivity index (χ0n) is 23.2. The maximum Gasteiger partial charge on any atom is 0.319 e. The highest BCUT2D eigenvalue weighted by atomic mass is 19.1. The number of fused-ring (bicyclic) bond motifs is 3. The first-order valence-corrected chi connectivity index (χ1v) is 14.4. The van der Waals surface area contributed by atoms with E-state index in [4.69, 9.17) is 26.6 Å². The van der Waals surface area contributed by atoms with Gasteiger partial charge >= 0.3 is 6.01 Å². The Bertz CT molecular complexity index is 1710.